The van der Waals surface area contributed by atoms with E-state index in [2.05, 4.69) is 43.6 Å². The van der Waals surface area contributed by atoms with Gasteiger partial charge in [-0.2, -0.15) is 0 Å². The number of amides is 3. The van der Waals surface area contributed by atoms with Gasteiger partial charge in [0.05, 0.1) is 24.2 Å². The highest BCUT2D eigenvalue weighted by molar-refractivity contribution is 7.92. The third-order valence-corrected chi connectivity index (χ3v) is 12.9. The summed E-state index contributed by atoms with van der Waals surface area (Å²) >= 11 is 6.44. The van der Waals surface area contributed by atoms with Crippen molar-refractivity contribution in [1.82, 2.24) is 10.0 Å². The molecule has 9 nitrogen and oxygen atoms in total. The highest BCUT2D eigenvalue weighted by atomic mass is 35.5. The summed E-state index contributed by atoms with van der Waals surface area (Å²) in [6.07, 6.45) is 11.8. The number of nitrogens with one attached hydrogen (secondary N) is 2. The van der Waals surface area contributed by atoms with Gasteiger partial charge in [0.1, 0.15) is 15.7 Å². The van der Waals surface area contributed by atoms with E-state index in [1.165, 1.54) is 11.1 Å². The number of hydrogen-bond donors (Lipinski definition) is 2. The summed E-state index contributed by atoms with van der Waals surface area (Å²) in [6, 6.07) is 11.1. The van der Waals surface area contributed by atoms with Gasteiger partial charge in [-0.3, -0.25) is 9.52 Å². The molecule has 2 fully saturated rings. The molecule has 7 rings (SSSR count). The summed E-state index contributed by atoms with van der Waals surface area (Å²) in [5, 5.41) is 3.57. The Morgan fingerprint density at radius 1 is 1.17 bits per heavy atom. The number of nitrogens with zero attached hydrogens (tertiary/aromatic N) is 2. The topological polar surface area (TPSA) is 109 Å². The molecule has 2 heterocycles. The Morgan fingerprint density at radius 3 is 2.79 bits per heavy atom. The quantitative estimate of drug-likeness (QED) is 0.362. The molecule has 5 aliphatic rings. The molecule has 252 valence electrons. The van der Waals surface area contributed by atoms with Gasteiger partial charge < -0.3 is 19.7 Å². The van der Waals surface area contributed by atoms with E-state index in [4.69, 9.17) is 21.1 Å². The Bertz CT molecular complexity index is 1700. The summed E-state index contributed by atoms with van der Waals surface area (Å²) < 4.78 is 33.7. The lowest BCUT2D eigenvalue weighted by Gasteiger charge is -2.46. The van der Waals surface area contributed by atoms with Gasteiger partial charge in [0.15, 0.2) is 0 Å². The second kappa shape index (κ2) is 13.1. The lowest BCUT2D eigenvalue weighted by molar-refractivity contribution is 0.0131. The van der Waals surface area contributed by atoms with Crippen LogP contribution in [0.2, 0.25) is 5.02 Å². The monoisotopic (exact) mass is 680 g/mol. The van der Waals surface area contributed by atoms with Crippen LogP contribution >= 0.6 is 11.6 Å². The third kappa shape index (κ3) is 6.92. The predicted molar refractivity (Wildman–Crippen MR) is 185 cm³/mol. The fraction of sp³-hybridized carbons (Fsp3) is 0.556. The summed E-state index contributed by atoms with van der Waals surface area (Å²) in [5.74, 6) is 0.824. The molecule has 0 radical (unpaired) electrons. The molecular formula is C36H45ClN4O5S. The minimum absolute atomic E-state index is 0.0348. The number of urea groups is 1. The smallest absolute Gasteiger partial charge is 0.327 e. The van der Waals surface area contributed by atoms with Crippen LogP contribution in [0.25, 0.3) is 0 Å². The number of anilines is 1. The number of benzene rings is 2. The second-order valence-corrected chi connectivity index (χ2v) is 16.7. The Morgan fingerprint density at radius 2 is 2.02 bits per heavy atom. The molecule has 2 aromatic rings. The van der Waals surface area contributed by atoms with Crippen molar-refractivity contribution in [3.05, 3.63) is 70.3 Å². The molecule has 2 saturated carbocycles. The average Bonchev–Trinajstić information content (AvgIpc) is 3.85. The molecule has 11 heteroatoms. The van der Waals surface area contributed by atoms with Gasteiger partial charge in [0.2, 0.25) is 0 Å². The standard InChI is InChI=1S/C36H45ClN4O5S/c1-23-5-3-7-32(45-2)29-13-8-26(29)19-41-21-36(16-4-6-24-17-27(37)10-14-30(24)36)22-46-33-15-9-25(18-31(33)41)34(42)39-47(44,20-23)40-35(43)38-28-11-12-28/h3,7,9-10,14-15,17-18,23,26,28-29,32H,4-6,8,11-13,16,19-22H2,1-2H3,(H2,38,39,40,42,43,44)/b7-3+/t23-,26-,29+,32-,36-,47?/m0/s1. The maximum atomic E-state index is 14.2. The van der Waals surface area contributed by atoms with Gasteiger partial charge in [-0.05, 0) is 111 Å². The number of allylic oxidation sites excluding steroid dienone is 1. The van der Waals surface area contributed by atoms with E-state index in [-0.39, 0.29) is 29.2 Å². The highest BCUT2D eigenvalue weighted by Gasteiger charge is 2.44. The molecule has 0 saturated heterocycles. The van der Waals surface area contributed by atoms with Gasteiger partial charge >= 0.3 is 6.03 Å². The van der Waals surface area contributed by atoms with Crippen LogP contribution in [0.4, 0.5) is 10.5 Å². The first-order valence-corrected chi connectivity index (χ1v) is 19.1. The fourth-order valence-corrected chi connectivity index (χ4v) is 9.98. The molecular weight excluding hydrogens is 636 g/mol. The van der Waals surface area contributed by atoms with E-state index in [1.54, 1.807) is 13.2 Å². The summed E-state index contributed by atoms with van der Waals surface area (Å²) in [6.45, 7) is 4.01. The Kier molecular flexibility index (Phi) is 9.04. The van der Waals surface area contributed by atoms with Crippen molar-refractivity contribution in [1.29, 1.82) is 0 Å². The summed E-state index contributed by atoms with van der Waals surface area (Å²) in [7, 11) is -1.65. The molecule has 47 heavy (non-hydrogen) atoms. The zero-order chi connectivity index (χ0) is 32.8. The van der Waals surface area contributed by atoms with E-state index in [9.17, 15) is 13.8 Å². The molecule has 3 aliphatic carbocycles. The highest BCUT2D eigenvalue weighted by Crippen LogP contribution is 2.47. The minimum atomic E-state index is -3.42. The molecule has 2 aromatic carbocycles. The van der Waals surface area contributed by atoms with Crippen LogP contribution in [0, 0.1) is 17.8 Å². The number of halogens is 1. The van der Waals surface area contributed by atoms with Crippen LogP contribution in [0.15, 0.2) is 52.9 Å². The van der Waals surface area contributed by atoms with E-state index in [0.29, 0.717) is 30.4 Å². The normalized spacial score (nSPS) is 32.8. The first-order chi connectivity index (χ1) is 22.6. The zero-order valence-corrected chi connectivity index (χ0v) is 28.8. The number of ether oxygens (including phenoxy) is 2. The molecule has 2 bridgehead atoms. The SMILES string of the molecule is CO[C@H]1/C=C/C[C@H](C)CS(=O)(NC(=O)NC2CC2)=NC(=O)c2ccc3c(c2)N(C[C@@H]2CC[C@H]21)C[C@@]1(CCCc2cc(Cl)ccc21)CO3. The molecule has 3 amide bonds. The zero-order valence-electron chi connectivity index (χ0n) is 27.2. The lowest BCUT2D eigenvalue weighted by atomic mass is 9.68. The largest absolute Gasteiger partial charge is 0.490 e. The molecule has 6 atom stereocenters. The van der Waals surface area contributed by atoms with Crippen LogP contribution < -0.4 is 19.7 Å². The molecule has 1 spiro atoms. The molecule has 2 aliphatic heterocycles. The summed E-state index contributed by atoms with van der Waals surface area (Å²) in [4.78, 5) is 29.0. The third-order valence-electron chi connectivity index (χ3n) is 10.7. The van der Waals surface area contributed by atoms with Crippen molar-refractivity contribution in [2.24, 2.45) is 22.1 Å². The first-order valence-electron chi connectivity index (χ1n) is 17.0. The first kappa shape index (κ1) is 32.5. The Labute approximate surface area is 283 Å². The lowest BCUT2D eigenvalue weighted by Crippen LogP contribution is -2.49. The number of carbonyl (C=O) groups excluding carboxylic acids is 2. The summed E-state index contributed by atoms with van der Waals surface area (Å²) in [5.41, 5.74) is 3.48. The van der Waals surface area contributed by atoms with Gasteiger partial charge in [-0.15, -0.1) is 4.36 Å². The van der Waals surface area contributed by atoms with Crippen LogP contribution in [0.1, 0.15) is 73.4 Å². The van der Waals surface area contributed by atoms with Gasteiger partial charge in [-0.25, -0.2) is 9.00 Å². The Balaban J connectivity index is 1.29. The van der Waals surface area contributed by atoms with E-state index < -0.39 is 21.9 Å². The average molecular weight is 681 g/mol. The maximum Gasteiger partial charge on any atom is 0.327 e. The number of fused-ring (bicyclic) bond motifs is 4. The van der Waals surface area contributed by atoms with Crippen LogP contribution in [-0.4, -0.2) is 60.9 Å². The van der Waals surface area contributed by atoms with Crippen molar-refractivity contribution in [3.8, 4) is 5.75 Å². The number of rotatable bonds is 3. The van der Waals surface area contributed by atoms with Crippen LogP contribution in [-0.2, 0) is 26.5 Å². The molecule has 2 N–H and O–H groups in total. The number of carbonyl (C=O) groups is 2. The van der Waals surface area contributed by atoms with E-state index >= 15 is 0 Å². The van der Waals surface area contributed by atoms with E-state index in [1.807, 2.05) is 25.1 Å². The number of hydrogen-bond acceptors (Lipinski definition) is 6. The van der Waals surface area contributed by atoms with Crippen molar-refractivity contribution in [3.63, 3.8) is 0 Å². The Hall–Kier alpha value is -3.08. The second-order valence-electron chi connectivity index (χ2n) is 14.3. The van der Waals surface area contributed by atoms with Crippen LogP contribution in [0.5, 0.6) is 5.75 Å². The van der Waals surface area contributed by atoms with Crippen molar-refractivity contribution < 1.29 is 23.3 Å². The molecule has 1 unspecified atom stereocenters. The number of aryl methyl sites for hydroxylation is 1. The fourth-order valence-electron chi connectivity index (χ4n) is 7.95. The number of methoxy groups -OCH3 is 1. The minimum Gasteiger partial charge on any atom is -0.490 e. The van der Waals surface area contributed by atoms with Gasteiger partial charge in [0, 0.05) is 42.2 Å². The van der Waals surface area contributed by atoms with Crippen LogP contribution in [0.3, 0.4) is 0 Å². The molecule has 0 aromatic heterocycles. The maximum absolute atomic E-state index is 14.2. The van der Waals surface area contributed by atoms with Crippen molar-refractivity contribution in [2.75, 3.05) is 37.5 Å². The van der Waals surface area contributed by atoms with Crippen molar-refractivity contribution >= 4 is 39.1 Å². The van der Waals surface area contributed by atoms with Crippen molar-refractivity contribution in [2.45, 2.75) is 75.9 Å². The van der Waals surface area contributed by atoms with Gasteiger partial charge in [-0.1, -0.05) is 36.7 Å². The predicted octanol–water partition coefficient (Wildman–Crippen LogP) is 6.44. The van der Waals surface area contributed by atoms with Gasteiger partial charge in [0.25, 0.3) is 5.91 Å². The van der Waals surface area contributed by atoms with E-state index in [0.717, 1.165) is 74.5 Å².